The zero-order valence-corrected chi connectivity index (χ0v) is 9.56. The van der Waals surface area contributed by atoms with Gasteiger partial charge in [0.15, 0.2) is 0 Å². The summed E-state index contributed by atoms with van der Waals surface area (Å²) >= 11 is 5.62. The van der Waals surface area contributed by atoms with Gasteiger partial charge in [-0.05, 0) is 43.4 Å². The molecular formula is C12H21Cl. The summed E-state index contributed by atoms with van der Waals surface area (Å²) in [4.78, 5) is 0. The Hall–Kier alpha value is 0.0300. The Morgan fingerprint density at radius 3 is 2.62 bits per heavy atom. The number of halogens is 1. The Labute approximate surface area is 87.4 Å². The van der Waals surface area contributed by atoms with Crippen molar-refractivity contribution in [2.45, 2.75) is 39.5 Å². The van der Waals surface area contributed by atoms with Gasteiger partial charge in [0.05, 0.1) is 0 Å². The molecule has 0 aliphatic heterocycles. The fourth-order valence-corrected chi connectivity index (χ4v) is 2.24. The van der Waals surface area contributed by atoms with Gasteiger partial charge < -0.3 is 0 Å². The van der Waals surface area contributed by atoms with Crippen LogP contribution in [0.5, 0.6) is 0 Å². The average Bonchev–Trinajstić information content (AvgIpc) is 2.12. The van der Waals surface area contributed by atoms with Gasteiger partial charge in [0.25, 0.3) is 0 Å². The highest BCUT2D eigenvalue weighted by molar-refractivity contribution is 6.17. The molecule has 1 fully saturated rings. The van der Waals surface area contributed by atoms with E-state index < -0.39 is 0 Å². The summed E-state index contributed by atoms with van der Waals surface area (Å²) in [6, 6.07) is 0. The van der Waals surface area contributed by atoms with Gasteiger partial charge >= 0.3 is 0 Å². The summed E-state index contributed by atoms with van der Waals surface area (Å²) < 4.78 is 0. The fraction of sp³-hybridized carbons (Fsp3) is 0.833. The smallest absolute Gasteiger partial charge is 0.0258 e. The van der Waals surface area contributed by atoms with E-state index in [0.717, 1.165) is 30.1 Å². The fourth-order valence-electron chi connectivity index (χ4n) is 2.12. The first-order valence-electron chi connectivity index (χ1n) is 5.46. The Kier molecular flexibility index (Phi) is 4.87. The maximum absolute atomic E-state index is 5.62. The van der Waals surface area contributed by atoms with Gasteiger partial charge in [0.1, 0.15) is 0 Å². The first-order chi connectivity index (χ1) is 6.24. The summed E-state index contributed by atoms with van der Waals surface area (Å²) in [5, 5.41) is 0. The number of alkyl halides is 1. The van der Waals surface area contributed by atoms with Crippen molar-refractivity contribution in [1.29, 1.82) is 0 Å². The lowest BCUT2D eigenvalue weighted by Gasteiger charge is -2.30. The number of rotatable bonds is 3. The van der Waals surface area contributed by atoms with E-state index in [-0.39, 0.29) is 0 Å². The van der Waals surface area contributed by atoms with Gasteiger partial charge in [0.2, 0.25) is 0 Å². The van der Waals surface area contributed by atoms with Crippen molar-refractivity contribution in [2.24, 2.45) is 17.8 Å². The highest BCUT2D eigenvalue weighted by atomic mass is 35.5. The van der Waals surface area contributed by atoms with Crippen LogP contribution in [0.3, 0.4) is 0 Å². The largest absolute Gasteiger partial charge is 0.126 e. The lowest BCUT2D eigenvalue weighted by atomic mass is 9.76. The minimum Gasteiger partial charge on any atom is -0.126 e. The Bertz CT molecular complexity index is 163. The van der Waals surface area contributed by atoms with Gasteiger partial charge in [-0.1, -0.05) is 26.0 Å². The van der Waals surface area contributed by atoms with E-state index in [4.69, 9.17) is 11.6 Å². The highest BCUT2D eigenvalue weighted by Crippen LogP contribution is 2.33. The molecule has 1 heteroatoms. The molecular weight excluding hydrogens is 180 g/mol. The zero-order valence-electron chi connectivity index (χ0n) is 8.80. The predicted molar refractivity (Wildman–Crippen MR) is 60.1 cm³/mol. The Morgan fingerprint density at radius 2 is 2.00 bits per heavy atom. The van der Waals surface area contributed by atoms with Crippen LogP contribution in [0.15, 0.2) is 12.2 Å². The van der Waals surface area contributed by atoms with E-state index in [2.05, 4.69) is 26.0 Å². The van der Waals surface area contributed by atoms with Crippen LogP contribution in [0.2, 0.25) is 0 Å². The standard InChI is InChI=1S/C12H21Cl/c1-10-6-7-12(9-11(10)2)5-3-4-8-13/h3,5,10-12H,4,6-9H2,1-2H3/b5-3+. The van der Waals surface area contributed by atoms with Crippen LogP contribution in [-0.4, -0.2) is 5.88 Å². The molecule has 3 unspecified atom stereocenters. The van der Waals surface area contributed by atoms with Gasteiger partial charge in [-0.15, -0.1) is 11.6 Å². The number of allylic oxidation sites excluding steroid dienone is 2. The molecule has 1 rings (SSSR count). The van der Waals surface area contributed by atoms with Crippen LogP contribution in [0, 0.1) is 17.8 Å². The third-order valence-electron chi connectivity index (χ3n) is 3.32. The van der Waals surface area contributed by atoms with E-state index in [1.165, 1.54) is 19.3 Å². The summed E-state index contributed by atoms with van der Waals surface area (Å²) in [6.07, 6.45) is 9.81. The van der Waals surface area contributed by atoms with Crippen LogP contribution in [-0.2, 0) is 0 Å². The molecule has 76 valence electrons. The molecule has 0 saturated heterocycles. The van der Waals surface area contributed by atoms with E-state index in [1.807, 2.05) is 0 Å². The van der Waals surface area contributed by atoms with Gasteiger partial charge in [-0.25, -0.2) is 0 Å². The first-order valence-corrected chi connectivity index (χ1v) is 6.00. The molecule has 1 aliphatic carbocycles. The quantitative estimate of drug-likeness (QED) is 0.472. The lowest BCUT2D eigenvalue weighted by molar-refractivity contribution is 0.236. The second-order valence-electron chi connectivity index (χ2n) is 4.43. The molecule has 0 aromatic carbocycles. The summed E-state index contributed by atoms with van der Waals surface area (Å²) in [5.41, 5.74) is 0. The minimum absolute atomic E-state index is 0.759. The van der Waals surface area contributed by atoms with Crippen LogP contribution >= 0.6 is 11.6 Å². The van der Waals surface area contributed by atoms with E-state index >= 15 is 0 Å². The van der Waals surface area contributed by atoms with E-state index in [0.29, 0.717) is 0 Å². The second-order valence-corrected chi connectivity index (χ2v) is 4.81. The minimum atomic E-state index is 0.759. The normalized spacial score (nSPS) is 35.5. The van der Waals surface area contributed by atoms with Gasteiger partial charge in [-0.2, -0.15) is 0 Å². The molecule has 0 amide bonds. The molecule has 3 atom stereocenters. The monoisotopic (exact) mass is 200 g/mol. The zero-order chi connectivity index (χ0) is 9.68. The number of hydrogen-bond donors (Lipinski definition) is 0. The van der Waals surface area contributed by atoms with Crippen molar-refractivity contribution >= 4 is 11.6 Å². The van der Waals surface area contributed by atoms with Gasteiger partial charge in [0, 0.05) is 5.88 Å². The second kappa shape index (κ2) is 5.70. The molecule has 0 N–H and O–H groups in total. The van der Waals surface area contributed by atoms with Crippen molar-refractivity contribution < 1.29 is 0 Å². The molecule has 0 radical (unpaired) electrons. The van der Waals surface area contributed by atoms with Crippen molar-refractivity contribution in [3.63, 3.8) is 0 Å². The van der Waals surface area contributed by atoms with E-state index in [9.17, 15) is 0 Å². The molecule has 13 heavy (non-hydrogen) atoms. The van der Waals surface area contributed by atoms with Crippen LogP contribution in [0.1, 0.15) is 39.5 Å². The first kappa shape index (κ1) is 11.1. The summed E-state index contributed by atoms with van der Waals surface area (Å²) in [7, 11) is 0. The average molecular weight is 201 g/mol. The molecule has 0 aromatic heterocycles. The third kappa shape index (κ3) is 3.72. The molecule has 0 bridgehead atoms. The predicted octanol–water partition coefficient (Wildman–Crippen LogP) is 4.24. The van der Waals surface area contributed by atoms with Crippen molar-refractivity contribution in [1.82, 2.24) is 0 Å². The maximum atomic E-state index is 5.62. The molecule has 0 spiro atoms. The molecule has 0 heterocycles. The summed E-state index contributed by atoms with van der Waals surface area (Å²) in [5.74, 6) is 3.42. The number of hydrogen-bond acceptors (Lipinski definition) is 0. The maximum Gasteiger partial charge on any atom is 0.0258 e. The SMILES string of the molecule is CC1CCC(/C=C/CCCl)CC1C. The van der Waals surface area contributed by atoms with Crippen LogP contribution in [0.25, 0.3) is 0 Å². The molecule has 1 aliphatic rings. The lowest BCUT2D eigenvalue weighted by Crippen LogP contribution is -2.19. The highest BCUT2D eigenvalue weighted by Gasteiger charge is 2.22. The van der Waals surface area contributed by atoms with Crippen LogP contribution < -0.4 is 0 Å². The Morgan fingerprint density at radius 1 is 1.23 bits per heavy atom. The third-order valence-corrected chi connectivity index (χ3v) is 3.54. The van der Waals surface area contributed by atoms with E-state index in [1.54, 1.807) is 0 Å². The summed E-state index contributed by atoms with van der Waals surface area (Å²) in [6.45, 7) is 4.76. The van der Waals surface area contributed by atoms with Crippen molar-refractivity contribution in [3.05, 3.63) is 12.2 Å². The topological polar surface area (TPSA) is 0 Å². The van der Waals surface area contributed by atoms with Crippen molar-refractivity contribution in [2.75, 3.05) is 5.88 Å². The molecule has 1 saturated carbocycles. The van der Waals surface area contributed by atoms with Crippen molar-refractivity contribution in [3.8, 4) is 0 Å². The van der Waals surface area contributed by atoms with Crippen LogP contribution in [0.4, 0.5) is 0 Å². The molecule has 0 aromatic rings. The van der Waals surface area contributed by atoms with Gasteiger partial charge in [-0.3, -0.25) is 0 Å². The Balaban J connectivity index is 2.29. The molecule has 0 nitrogen and oxygen atoms in total.